The van der Waals surface area contributed by atoms with Crippen molar-refractivity contribution in [1.82, 2.24) is 10.0 Å². The second-order valence-corrected chi connectivity index (χ2v) is 11.2. The van der Waals surface area contributed by atoms with Gasteiger partial charge in [-0.3, -0.25) is 4.79 Å². The van der Waals surface area contributed by atoms with Crippen molar-refractivity contribution in [2.24, 2.45) is 0 Å². The third-order valence-corrected chi connectivity index (χ3v) is 7.78. The molecule has 0 aliphatic carbocycles. The van der Waals surface area contributed by atoms with E-state index in [4.69, 9.17) is 4.74 Å². The molecular formula is C27H27F3N2O5S. The molecule has 1 amide bonds. The zero-order valence-electron chi connectivity index (χ0n) is 20.6. The highest BCUT2D eigenvalue weighted by Crippen LogP contribution is 2.41. The minimum atomic E-state index is -4.62. The van der Waals surface area contributed by atoms with E-state index in [9.17, 15) is 31.5 Å². The molecule has 0 aromatic heterocycles. The van der Waals surface area contributed by atoms with Gasteiger partial charge in [0.15, 0.2) is 0 Å². The maximum absolute atomic E-state index is 13.1. The number of aliphatic hydroxyl groups excluding tert-OH is 1. The lowest BCUT2D eigenvalue weighted by atomic mass is 9.86. The van der Waals surface area contributed by atoms with Gasteiger partial charge in [-0.1, -0.05) is 30.3 Å². The van der Waals surface area contributed by atoms with Crippen LogP contribution < -0.4 is 14.8 Å². The summed E-state index contributed by atoms with van der Waals surface area (Å²) in [6.07, 6.45) is -5.38. The number of carbonyl (C=O) groups is 1. The fourth-order valence-electron chi connectivity index (χ4n) is 4.19. The Bertz CT molecular complexity index is 1410. The first-order valence-electron chi connectivity index (χ1n) is 11.8. The first-order valence-corrected chi connectivity index (χ1v) is 13.3. The molecule has 0 bridgehead atoms. The minimum absolute atomic E-state index is 0.225. The van der Waals surface area contributed by atoms with Crippen LogP contribution in [-0.2, 0) is 22.6 Å². The number of carbonyl (C=O) groups excluding carboxylic acids is 1. The van der Waals surface area contributed by atoms with E-state index < -0.39 is 50.3 Å². The molecule has 0 fully saturated rings. The summed E-state index contributed by atoms with van der Waals surface area (Å²) in [6.45, 7) is 3.52. The van der Waals surface area contributed by atoms with E-state index in [0.29, 0.717) is 25.1 Å². The zero-order valence-corrected chi connectivity index (χ0v) is 21.4. The van der Waals surface area contributed by atoms with E-state index in [1.807, 2.05) is 30.3 Å². The molecule has 11 heteroatoms. The van der Waals surface area contributed by atoms with E-state index in [2.05, 4.69) is 10.0 Å². The third-order valence-electron chi connectivity index (χ3n) is 6.32. The summed E-state index contributed by atoms with van der Waals surface area (Å²) >= 11 is 0. The van der Waals surface area contributed by atoms with Gasteiger partial charge in [0.25, 0.3) is 5.91 Å². The first kappa shape index (κ1) is 27.6. The fourth-order valence-corrected chi connectivity index (χ4v) is 5.41. The molecule has 0 saturated carbocycles. The summed E-state index contributed by atoms with van der Waals surface area (Å²) in [5.41, 5.74) is -0.694. The number of halogens is 3. The van der Waals surface area contributed by atoms with Gasteiger partial charge < -0.3 is 15.2 Å². The number of ether oxygens (including phenoxy) is 1. The summed E-state index contributed by atoms with van der Waals surface area (Å²) in [5.74, 6) is -0.131. The quantitative estimate of drug-likeness (QED) is 0.410. The van der Waals surface area contributed by atoms with Crippen LogP contribution in [-0.4, -0.2) is 37.7 Å². The van der Waals surface area contributed by atoms with Crippen LogP contribution in [0.4, 0.5) is 13.2 Å². The number of alkyl halides is 3. The Balaban J connectivity index is 1.58. The maximum Gasteiger partial charge on any atom is 0.416 e. The predicted octanol–water partition coefficient (Wildman–Crippen LogP) is 4.23. The van der Waals surface area contributed by atoms with Crippen molar-refractivity contribution in [3.63, 3.8) is 0 Å². The Morgan fingerprint density at radius 3 is 2.32 bits per heavy atom. The van der Waals surface area contributed by atoms with Crippen LogP contribution in [0.5, 0.6) is 5.75 Å². The molecule has 4 rings (SSSR count). The molecule has 2 atom stereocenters. The minimum Gasteiger partial charge on any atom is -0.485 e. The standard InChI is InChI=1S/C27H27F3N2O5S/c1-26(2)24(33)23(32-38(35,36)20-11-9-19(10-12-20)27(28,29)30)21-16-18(8-13-22(21)37-26)25(34)31-15-14-17-6-4-3-5-7-17/h3-13,16,23-24,32-33H,14-15H2,1-2H3,(H,31,34). The normalized spacial score (nSPS) is 18.8. The van der Waals surface area contributed by atoms with Crippen molar-refractivity contribution in [2.45, 2.75) is 49.1 Å². The van der Waals surface area contributed by atoms with Gasteiger partial charge in [-0.05, 0) is 68.3 Å². The van der Waals surface area contributed by atoms with E-state index >= 15 is 0 Å². The summed E-state index contributed by atoms with van der Waals surface area (Å²) in [5, 5.41) is 13.8. The number of benzene rings is 3. The lowest BCUT2D eigenvalue weighted by Gasteiger charge is -2.42. The molecule has 1 aliphatic rings. The van der Waals surface area contributed by atoms with Crippen molar-refractivity contribution in [3.05, 3.63) is 95.1 Å². The fraction of sp³-hybridized carbons (Fsp3) is 0.296. The Morgan fingerprint density at radius 1 is 1.03 bits per heavy atom. The third kappa shape index (κ3) is 6.01. The molecule has 38 heavy (non-hydrogen) atoms. The van der Waals surface area contributed by atoms with Crippen LogP contribution >= 0.6 is 0 Å². The van der Waals surface area contributed by atoms with Gasteiger partial charge in [-0.15, -0.1) is 0 Å². The van der Waals surface area contributed by atoms with E-state index in [1.165, 1.54) is 18.2 Å². The highest BCUT2D eigenvalue weighted by atomic mass is 32.2. The molecule has 7 nitrogen and oxygen atoms in total. The molecule has 3 N–H and O–H groups in total. The van der Waals surface area contributed by atoms with E-state index in [0.717, 1.165) is 17.7 Å². The number of hydrogen-bond acceptors (Lipinski definition) is 5. The number of aliphatic hydroxyl groups is 1. The summed E-state index contributed by atoms with van der Waals surface area (Å²) in [7, 11) is -4.36. The van der Waals surface area contributed by atoms with Gasteiger partial charge in [0.2, 0.25) is 10.0 Å². The second-order valence-electron chi connectivity index (χ2n) is 9.52. The number of hydrogen-bond donors (Lipinski definition) is 3. The molecule has 3 aromatic carbocycles. The number of sulfonamides is 1. The molecule has 2 unspecified atom stereocenters. The van der Waals surface area contributed by atoms with Crippen LogP contribution in [0.2, 0.25) is 0 Å². The van der Waals surface area contributed by atoms with Crippen LogP contribution in [0.3, 0.4) is 0 Å². The molecule has 1 aliphatic heterocycles. The van der Waals surface area contributed by atoms with Gasteiger partial charge >= 0.3 is 6.18 Å². The van der Waals surface area contributed by atoms with E-state index in [1.54, 1.807) is 13.8 Å². The Labute approximate surface area is 218 Å². The smallest absolute Gasteiger partial charge is 0.416 e. The molecule has 0 saturated heterocycles. The molecule has 3 aromatic rings. The number of nitrogens with one attached hydrogen (secondary N) is 2. The average Bonchev–Trinajstić information content (AvgIpc) is 2.86. The summed E-state index contributed by atoms with van der Waals surface area (Å²) in [4.78, 5) is 12.4. The predicted molar refractivity (Wildman–Crippen MR) is 134 cm³/mol. The molecule has 0 spiro atoms. The zero-order chi connectivity index (χ0) is 27.7. The van der Waals surface area contributed by atoms with Crippen molar-refractivity contribution < 1.29 is 36.2 Å². The molecular weight excluding hydrogens is 521 g/mol. The van der Waals surface area contributed by atoms with Crippen LogP contribution in [0.15, 0.2) is 77.7 Å². The van der Waals surface area contributed by atoms with Crippen LogP contribution in [0, 0.1) is 0 Å². The van der Waals surface area contributed by atoms with Gasteiger partial charge in [-0.2, -0.15) is 13.2 Å². The maximum atomic E-state index is 13.1. The Morgan fingerprint density at radius 2 is 1.68 bits per heavy atom. The van der Waals surface area contributed by atoms with Crippen molar-refractivity contribution in [3.8, 4) is 5.75 Å². The lowest BCUT2D eigenvalue weighted by molar-refractivity contribution is -0.137. The summed E-state index contributed by atoms with van der Waals surface area (Å²) < 4.78 is 73.2. The Kier molecular flexibility index (Phi) is 7.55. The monoisotopic (exact) mass is 548 g/mol. The van der Waals surface area contributed by atoms with Crippen LogP contribution in [0.1, 0.15) is 46.9 Å². The van der Waals surface area contributed by atoms with Crippen LogP contribution in [0.25, 0.3) is 0 Å². The number of fused-ring (bicyclic) bond motifs is 1. The highest BCUT2D eigenvalue weighted by Gasteiger charge is 2.45. The largest absolute Gasteiger partial charge is 0.485 e. The van der Waals surface area contributed by atoms with E-state index in [-0.39, 0.29) is 16.9 Å². The molecule has 202 valence electrons. The van der Waals surface area contributed by atoms with Gasteiger partial charge in [-0.25, -0.2) is 13.1 Å². The topological polar surface area (TPSA) is 105 Å². The van der Waals surface area contributed by atoms with Gasteiger partial charge in [0, 0.05) is 17.7 Å². The van der Waals surface area contributed by atoms with Crippen molar-refractivity contribution >= 4 is 15.9 Å². The number of rotatable bonds is 7. The van der Waals surface area contributed by atoms with Gasteiger partial charge in [0.1, 0.15) is 17.5 Å². The SMILES string of the molecule is CC1(C)Oc2ccc(C(=O)NCCc3ccccc3)cc2C(NS(=O)(=O)c2ccc(C(F)(F)F)cc2)C1O. The molecule has 0 radical (unpaired) electrons. The average molecular weight is 549 g/mol. The lowest BCUT2D eigenvalue weighted by Crippen LogP contribution is -2.53. The molecule has 1 heterocycles. The Hall–Kier alpha value is -3.41. The first-order chi connectivity index (χ1) is 17.8. The highest BCUT2D eigenvalue weighted by molar-refractivity contribution is 7.89. The van der Waals surface area contributed by atoms with Crippen molar-refractivity contribution in [2.75, 3.05) is 6.54 Å². The van der Waals surface area contributed by atoms with Crippen molar-refractivity contribution in [1.29, 1.82) is 0 Å². The second kappa shape index (κ2) is 10.4. The summed E-state index contributed by atoms with van der Waals surface area (Å²) in [6, 6.07) is 15.9. The number of amides is 1. The van der Waals surface area contributed by atoms with Gasteiger partial charge in [0.05, 0.1) is 16.5 Å².